The Morgan fingerprint density at radius 3 is 2.46 bits per heavy atom. The van der Waals surface area contributed by atoms with Crippen LogP contribution in [-0.4, -0.2) is 68.5 Å². The molecule has 0 spiro atoms. The molecule has 0 radical (unpaired) electrons. The van der Waals surface area contributed by atoms with E-state index in [1.807, 2.05) is 7.05 Å². The van der Waals surface area contributed by atoms with Crippen molar-refractivity contribution in [3.05, 3.63) is 0 Å². The van der Waals surface area contributed by atoms with Gasteiger partial charge in [-0.3, -0.25) is 18.7 Å². The second-order valence-electron chi connectivity index (χ2n) is 6.93. The van der Waals surface area contributed by atoms with Crippen LogP contribution in [0.1, 0.15) is 32.1 Å². The van der Waals surface area contributed by atoms with Crippen molar-refractivity contribution in [3.8, 4) is 0 Å². The van der Waals surface area contributed by atoms with E-state index < -0.39 is 39.1 Å². The highest BCUT2D eigenvalue weighted by molar-refractivity contribution is 8.46. The molecule has 20 heteroatoms. The Labute approximate surface area is 204 Å². The number of hydrogen-bond donors (Lipinski definition) is 4. The molecule has 0 aromatic heterocycles. The molecule has 0 aliphatic carbocycles. The topological polar surface area (TPSA) is 208 Å². The molecule has 35 heavy (non-hydrogen) atoms. The molecule has 17 nitrogen and oxygen atoms in total. The van der Waals surface area contributed by atoms with Crippen LogP contribution in [0.3, 0.4) is 0 Å². The lowest BCUT2D eigenvalue weighted by Crippen LogP contribution is -2.40. The van der Waals surface area contributed by atoms with Crippen molar-refractivity contribution >= 4 is 35.6 Å². The lowest BCUT2D eigenvalue weighted by atomic mass is 10.1. The zero-order chi connectivity index (χ0) is 25.9. The summed E-state index contributed by atoms with van der Waals surface area (Å²) in [6.45, 7) is -2.58. The molecule has 1 saturated heterocycles. The summed E-state index contributed by atoms with van der Waals surface area (Å²) in [5.74, 6) is -0.532. The Morgan fingerprint density at radius 2 is 1.74 bits per heavy atom. The van der Waals surface area contributed by atoms with Gasteiger partial charge in [-0.15, -0.1) is 4.67 Å². The van der Waals surface area contributed by atoms with Gasteiger partial charge in [-0.25, -0.2) is 4.89 Å². The van der Waals surface area contributed by atoms with E-state index in [-0.39, 0.29) is 32.0 Å². The summed E-state index contributed by atoms with van der Waals surface area (Å²) in [4.78, 5) is 28.5. The van der Waals surface area contributed by atoms with Crippen molar-refractivity contribution < 1.29 is 68.4 Å². The second-order valence-corrected chi connectivity index (χ2v) is 13.9. The molecule has 0 bridgehead atoms. The van der Waals surface area contributed by atoms with Crippen LogP contribution in [0.2, 0.25) is 0 Å². The van der Waals surface area contributed by atoms with E-state index in [0.29, 0.717) is 6.42 Å². The molecule has 1 heterocycles. The maximum absolute atomic E-state index is 12.2. The van der Waals surface area contributed by atoms with Crippen molar-refractivity contribution in [2.24, 2.45) is 0 Å². The summed E-state index contributed by atoms with van der Waals surface area (Å²) < 4.78 is 30.8. The molecule has 5 unspecified atom stereocenters. The molecule has 1 aliphatic heterocycles. The van der Waals surface area contributed by atoms with Crippen LogP contribution in [0.25, 0.3) is 0 Å². The predicted octanol–water partition coefficient (Wildman–Crippen LogP) is 0.330. The van der Waals surface area contributed by atoms with Crippen LogP contribution in [0.5, 0.6) is 0 Å². The first-order chi connectivity index (χ1) is 16.8. The molecule has 2 amide bonds. The van der Waals surface area contributed by atoms with E-state index in [2.05, 4.69) is 55.7 Å². The van der Waals surface area contributed by atoms with E-state index in [1.54, 1.807) is 8.93 Å². The Bertz CT molecular complexity index is 678. The number of ether oxygens (including phenoxy) is 1. The molecule has 204 valence electrons. The molecule has 4 N–H and O–H groups in total. The number of rotatable bonds is 21. The van der Waals surface area contributed by atoms with Crippen LogP contribution < -0.4 is 16.0 Å². The van der Waals surface area contributed by atoms with Crippen molar-refractivity contribution in [1.82, 2.24) is 16.0 Å². The first-order valence-corrected chi connectivity index (χ1v) is 15.1. The van der Waals surface area contributed by atoms with E-state index in [9.17, 15) is 23.8 Å². The van der Waals surface area contributed by atoms with Gasteiger partial charge in [0.1, 0.15) is 18.8 Å². The fourth-order valence-corrected chi connectivity index (χ4v) is 3.04. The SMILES string of the molecule is CNCCCCCC(=O)NCCNC(=O)C1CC(O)C(COOOOOOOOP(=O)(P)P=O)O1. The largest absolute Gasteiger partial charge is 0.390 e. The second kappa shape index (κ2) is 19.4. The third-order valence-electron chi connectivity index (χ3n) is 4.26. The fourth-order valence-electron chi connectivity index (χ4n) is 2.63. The average Bonchev–Trinajstić information content (AvgIpc) is 3.21. The third-order valence-corrected chi connectivity index (χ3v) is 6.76. The predicted molar refractivity (Wildman–Crippen MR) is 116 cm³/mol. The van der Waals surface area contributed by atoms with Crippen LogP contribution in [0.4, 0.5) is 0 Å². The fraction of sp³-hybridized carbons (Fsp3) is 0.867. The molecule has 5 atom stereocenters. The molecule has 0 aromatic rings. The lowest BCUT2D eigenvalue weighted by Gasteiger charge is -2.14. The van der Waals surface area contributed by atoms with Crippen molar-refractivity contribution in [3.63, 3.8) is 0 Å². The number of amides is 2. The van der Waals surface area contributed by atoms with E-state index in [1.165, 1.54) is 0 Å². The van der Waals surface area contributed by atoms with Gasteiger partial charge in [-0.05, 0) is 65.6 Å². The molecular formula is C15H30N3O14P3. The van der Waals surface area contributed by atoms with Crippen LogP contribution in [-0.2, 0) is 63.2 Å². The average molecular weight is 569 g/mol. The van der Waals surface area contributed by atoms with E-state index in [4.69, 9.17) is 4.74 Å². The number of unbranched alkanes of at least 4 members (excludes halogenated alkanes) is 2. The van der Waals surface area contributed by atoms with Gasteiger partial charge in [0.15, 0.2) is 0 Å². The molecule has 0 saturated carbocycles. The van der Waals surface area contributed by atoms with Gasteiger partial charge in [0, 0.05) is 25.9 Å². The number of aliphatic hydroxyl groups excluding tert-OH is 1. The quantitative estimate of drug-likeness (QED) is 0.0636. The summed E-state index contributed by atoms with van der Waals surface area (Å²) in [6.07, 6.45) is 0.366. The zero-order valence-electron chi connectivity index (χ0n) is 18.8. The summed E-state index contributed by atoms with van der Waals surface area (Å²) in [7, 11) is 2.66. The highest BCUT2D eigenvalue weighted by Gasteiger charge is 2.38. The zero-order valence-corrected chi connectivity index (χ0v) is 21.8. The Hall–Kier alpha value is -0.740. The van der Waals surface area contributed by atoms with Crippen molar-refractivity contribution in [1.29, 1.82) is 0 Å². The van der Waals surface area contributed by atoms with E-state index >= 15 is 0 Å². The normalized spacial score (nSPS) is 21.6. The number of carbonyl (C=O) groups excluding carboxylic acids is 2. The molecule has 1 rings (SSSR count). The van der Waals surface area contributed by atoms with Crippen LogP contribution in [0.15, 0.2) is 0 Å². The Morgan fingerprint density at radius 1 is 1.06 bits per heavy atom. The summed E-state index contributed by atoms with van der Waals surface area (Å²) in [5.41, 5.74) is 0. The third kappa shape index (κ3) is 15.9. The first-order valence-electron chi connectivity index (χ1n) is 10.4. The van der Waals surface area contributed by atoms with Gasteiger partial charge in [-0.1, -0.05) is 6.42 Å². The van der Waals surface area contributed by atoms with Crippen molar-refractivity contribution in [2.45, 2.75) is 50.4 Å². The first kappa shape index (κ1) is 32.3. The highest BCUT2D eigenvalue weighted by Crippen LogP contribution is 2.66. The smallest absolute Gasteiger partial charge is 0.333 e. The number of hydrogen-bond acceptors (Lipinski definition) is 15. The van der Waals surface area contributed by atoms with Gasteiger partial charge < -0.3 is 25.8 Å². The molecule has 0 aromatic carbocycles. The van der Waals surface area contributed by atoms with Crippen LogP contribution in [0, 0.1) is 0 Å². The monoisotopic (exact) mass is 569 g/mol. The van der Waals surface area contributed by atoms with Gasteiger partial charge in [-0.2, -0.15) is 0 Å². The lowest BCUT2D eigenvalue weighted by molar-refractivity contribution is -0.808. The van der Waals surface area contributed by atoms with Gasteiger partial charge >= 0.3 is 6.75 Å². The number of nitrogens with one attached hydrogen (secondary N) is 3. The molecule has 1 fully saturated rings. The molecular weight excluding hydrogens is 539 g/mol. The maximum Gasteiger partial charge on any atom is 0.333 e. The van der Waals surface area contributed by atoms with E-state index in [0.717, 1.165) is 25.8 Å². The molecule has 1 aliphatic rings. The minimum Gasteiger partial charge on any atom is -0.390 e. The minimum atomic E-state index is -3.62. The minimum absolute atomic E-state index is 0.0207. The standard InChI is InChI=1S/C15H30N3O14P3/c1-16-6-4-2-3-5-14(20)17-7-8-18-15(21)12-9-11(19)13(25-12)10-24-26-27-28-29-30-31-32-35(23,33)34-22/h11-13,16,19H,2-10,33H2,1H3,(H,17,20)(H,18,21). The highest BCUT2D eigenvalue weighted by atomic mass is 32.4. The van der Waals surface area contributed by atoms with Crippen LogP contribution >= 0.6 is 23.8 Å². The summed E-state index contributed by atoms with van der Waals surface area (Å²) in [6, 6.07) is 0. The van der Waals surface area contributed by atoms with Gasteiger partial charge in [0.2, 0.25) is 11.8 Å². The summed E-state index contributed by atoms with van der Waals surface area (Å²) in [5, 5.41) is 41.4. The van der Waals surface area contributed by atoms with Crippen molar-refractivity contribution in [2.75, 3.05) is 33.3 Å². The maximum atomic E-state index is 12.2. The number of carbonyl (C=O) groups is 2. The van der Waals surface area contributed by atoms with Gasteiger partial charge in [0.05, 0.1) is 6.10 Å². The summed E-state index contributed by atoms with van der Waals surface area (Å²) >= 11 is 0. The Balaban J connectivity index is 2.04. The van der Waals surface area contributed by atoms with Gasteiger partial charge in [0.25, 0.3) is 8.15 Å². The Kier molecular flexibility index (Phi) is 17.9. The number of aliphatic hydroxyl groups is 1.